The van der Waals surface area contributed by atoms with E-state index in [1.807, 2.05) is 0 Å². The van der Waals surface area contributed by atoms with Crippen molar-refractivity contribution < 1.29 is 14.7 Å². The highest BCUT2D eigenvalue weighted by atomic mass is 32.1. The van der Waals surface area contributed by atoms with E-state index in [0.717, 1.165) is 4.90 Å². The van der Waals surface area contributed by atoms with Crippen molar-refractivity contribution in [2.75, 3.05) is 5.75 Å². The lowest BCUT2D eigenvalue weighted by molar-refractivity contribution is -0.150. The maximum Gasteiger partial charge on any atom is 0.327 e. The molecule has 0 aromatic carbocycles. The first-order valence-corrected chi connectivity index (χ1v) is 4.43. The summed E-state index contributed by atoms with van der Waals surface area (Å²) in [5.41, 5.74) is 5.46. The normalized spacial score (nSPS) is 14.8. The van der Waals surface area contributed by atoms with E-state index in [4.69, 9.17) is 10.8 Å². The quantitative estimate of drug-likeness (QED) is 0.428. The highest BCUT2D eigenvalue weighted by Crippen LogP contribution is 2.05. The molecule has 2 unspecified atom stereocenters. The van der Waals surface area contributed by atoms with Gasteiger partial charge in [0.25, 0.3) is 0 Å². The summed E-state index contributed by atoms with van der Waals surface area (Å²) >= 11 is 3.85. The summed E-state index contributed by atoms with van der Waals surface area (Å²) in [6, 6.07) is -0.958. The predicted molar refractivity (Wildman–Crippen MR) is 51.4 cm³/mol. The standard InChI is InChI=1S/C7H14N2O3S/c1-4(8)9(5(2)10)6(3-13)7(11)12/h4,6,13H,3,8H2,1-2H3,(H,11,12). The molecule has 0 fully saturated rings. The van der Waals surface area contributed by atoms with Crippen molar-refractivity contribution in [2.24, 2.45) is 5.73 Å². The van der Waals surface area contributed by atoms with Gasteiger partial charge in [-0.25, -0.2) is 4.79 Å². The van der Waals surface area contributed by atoms with Crippen molar-refractivity contribution in [3.8, 4) is 0 Å². The molecule has 0 aliphatic rings. The molecule has 0 aliphatic heterocycles. The number of carbonyl (C=O) groups is 2. The summed E-state index contributed by atoms with van der Waals surface area (Å²) in [6.07, 6.45) is -0.620. The Bertz CT molecular complexity index is 208. The summed E-state index contributed by atoms with van der Waals surface area (Å²) in [6.45, 7) is 2.84. The van der Waals surface area contributed by atoms with Gasteiger partial charge in [0, 0.05) is 12.7 Å². The summed E-state index contributed by atoms with van der Waals surface area (Å²) in [4.78, 5) is 22.8. The lowest BCUT2D eigenvalue weighted by Gasteiger charge is -2.30. The van der Waals surface area contributed by atoms with Crippen LogP contribution in [0.3, 0.4) is 0 Å². The Hall–Kier alpha value is -0.750. The van der Waals surface area contributed by atoms with E-state index >= 15 is 0 Å². The summed E-state index contributed by atoms with van der Waals surface area (Å²) in [5, 5.41) is 8.74. The number of thiol groups is 1. The average Bonchev–Trinajstić information content (AvgIpc) is 1.97. The Balaban J connectivity index is 4.69. The summed E-state index contributed by atoms with van der Waals surface area (Å²) < 4.78 is 0. The first kappa shape index (κ1) is 12.2. The number of rotatable bonds is 4. The predicted octanol–water partition coefficient (Wildman–Crippen LogP) is -0.477. The molecule has 0 heterocycles. The zero-order valence-corrected chi connectivity index (χ0v) is 8.49. The summed E-state index contributed by atoms with van der Waals surface area (Å²) in [5.74, 6) is -1.41. The molecule has 0 radical (unpaired) electrons. The molecule has 0 saturated heterocycles. The van der Waals surface area contributed by atoms with Crippen LogP contribution in [-0.2, 0) is 9.59 Å². The van der Waals surface area contributed by atoms with Crippen LogP contribution in [0, 0.1) is 0 Å². The van der Waals surface area contributed by atoms with Gasteiger partial charge in [-0.05, 0) is 6.92 Å². The lowest BCUT2D eigenvalue weighted by atomic mass is 10.2. The van der Waals surface area contributed by atoms with Crippen molar-refractivity contribution in [2.45, 2.75) is 26.1 Å². The molecule has 0 aromatic rings. The van der Waals surface area contributed by atoms with Crippen LogP contribution in [0.4, 0.5) is 0 Å². The Morgan fingerprint density at radius 3 is 2.15 bits per heavy atom. The van der Waals surface area contributed by atoms with Crippen LogP contribution in [0.15, 0.2) is 0 Å². The van der Waals surface area contributed by atoms with Crippen LogP contribution in [0.2, 0.25) is 0 Å². The molecule has 0 rings (SSSR count). The summed E-state index contributed by atoms with van der Waals surface area (Å²) in [7, 11) is 0. The van der Waals surface area contributed by atoms with Crippen LogP contribution in [0.1, 0.15) is 13.8 Å². The molecular formula is C7H14N2O3S. The highest BCUT2D eigenvalue weighted by molar-refractivity contribution is 7.80. The second-order valence-electron chi connectivity index (χ2n) is 2.70. The van der Waals surface area contributed by atoms with Crippen LogP contribution >= 0.6 is 12.6 Å². The van der Waals surface area contributed by atoms with Crippen molar-refractivity contribution in [1.82, 2.24) is 4.90 Å². The number of aliphatic carboxylic acids is 1. The number of carboxylic acid groups (broad SMARTS) is 1. The molecule has 0 bridgehead atoms. The number of nitrogens with two attached hydrogens (primary N) is 1. The van der Waals surface area contributed by atoms with E-state index in [1.54, 1.807) is 6.92 Å². The van der Waals surface area contributed by atoms with E-state index in [9.17, 15) is 9.59 Å². The van der Waals surface area contributed by atoms with Crippen molar-refractivity contribution in [3.05, 3.63) is 0 Å². The van der Waals surface area contributed by atoms with Gasteiger partial charge >= 0.3 is 5.97 Å². The van der Waals surface area contributed by atoms with Gasteiger partial charge < -0.3 is 15.7 Å². The lowest BCUT2D eigenvalue weighted by Crippen LogP contribution is -2.53. The number of carbonyl (C=O) groups excluding carboxylic acids is 1. The van der Waals surface area contributed by atoms with Gasteiger partial charge in [-0.1, -0.05) is 0 Å². The van der Waals surface area contributed by atoms with E-state index in [-0.39, 0.29) is 11.7 Å². The van der Waals surface area contributed by atoms with Crippen LogP contribution in [0.25, 0.3) is 0 Å². The minimum atomic E-state index is -1.09. The maximum absolute atomic E-state index is 11.0. The smallest absolute Gasteiger partial charge is 0.327 e. The zero-order valence-electron chi connectivity index (χ0n) is 7.60. The maximum atomic E-state index is 11.0. The molecule has 0 spiro atoms. The highest BCUT2D eigenvalue weighted by Gasteiger charge is 2.28. The molecule has 0 aromatic heterocycles. The van der Waals surface area contributed by atoms with Crippen LogP contribution in [-0.4, -0.2) is 39.8 Å². The van der Waals surface area contributed by atoms with Gasteiger partial charge in [-0.3, -0.25) is 4.79 Å². The Morgan fingerprint density at radius 2 is 2.08 bits per heavy atom. The van der Waals surface area contributed by atoms with Crippen molar-refractivity contribution in [1.29, 1.82) is 0 Å². The number of nitrogens with zero attached hydrogens (tertiary/aromatic N) is 1. The Kier molecular flexibility index (Phi) is 4.79. The minimum Gasteiger partial charge on any atom is -0.480 e. The third kappa shape index (κ3) is 3.23. The monoisotopic (exact) mass is 206 g/mol. The molecule has 0 aliphatic carbocycles. The number of carboxylic acids is 1. The van der Waals surface area contributed by atoms with Gasteiger partial charge in [-0.15, -0.1) is 0 Å². The van der Waals surface area contributed by atoms with Crippen molar-refractivity contribution in [3.63, 3.8) is 0 Å². The molecule has 1 amide bonds. The number of hydrogen-bond donors (Lipinski definition) is 3. The molecule has 6 heteroatoms. The van der Waals surface area contributed by atoms with Gasteiger partial charge in [0.05, 0.1) is 6.17 Å². The fourth-order valence-electron chi connectivity index (χ4n) is 1.08. The third-order valence-electron chi connectivity index (χ3n) is 1.60. The topological polar surface area (TPSA) is 83.6 Å². The molecule has 5 nitrogen and oxygen atoms in total. The number of hydrogen-bond acceptors (Lipinski definition) is 4. The molecule has 2 atom stereocenters. The molecule has 3 N–H and O–H groups in total. The molecule has 13 heavy (non-hydrogen) atoms. The average molecular weight is 206 g/mol. The van der Waals surface area contributed by atoms with Crippen LogP contribution < -0.4 is 5.73 Å². The fraction of sp³-hybridized carbons (Fsp3) is 0.714. The Labute approximate surface area is 82.3 Å². The molecule has 76 valence electrons. The SMILES string of the molecule is CC(=O)N(C(C)N)C(CS)C(=O)O. The fourth-order valence-corrected chi connectivity index (χ4v) is 1.41. The second kappa shape index (κ2) is 5.08. The largest absolute Gasteiger partial charge is 0.480 e. The minimum absolute atomic E-state index is 0.0520. The first-order valence-electron chi connectivity index (χ1n) is 3.80. The van der Waals surface area contributed by atoms with Gasteiger partial charge in [0.1, 0.15) is 6.04 Å². The first-order chi connectivity index (χ1) is 5.91. The third-order valence-corrected chi connectivity index (χ3v) is 1.94. The zero-order chi connectivity index (χ0) is 10.6. The van der Waals surface area contributed by atoms with E-state index in [2.05, 4.69) is 12.6 Å². The van der Waals surface area contributed by atoms with Gasteiger partial charge in [0.15, 0.2) is 0 Å². The Morgan fingerprint density at radius 1 is 1.62 bits per heavy atom. The molecule has 0 saturated carbocycles. The van der Waals surface area contributed by atoms with E-state index in [1.165, 1.54) is 6.92 Å². The number of amides is 1. The van der Waals surface area contributed by atoms with Crippen molar-refractivity contribution >= 4 is 24.5 Å². The van der Waals surface area contributed by atoms with Gasteiger partial charge in [-0.2, -0.15) is 12.6 Å². The van der Waals surface area contributed by atoms with E-state index < -0.39 is 18.2 Å². The second-order valence-corrected chi connectivity index (χ2v) is 3.07. The van der Waals surface area contributed by atoms with Crippen LogP contribution in [0.5, 0.6) is 0 Å². The van der Waals surface area contributed by atoms with E-state index in [0.29, 0.717) is 0 Å². The van der Waals surface area contributed by atoms with Gasteiger partial charge in [0.2, 0.25) is 5.91 Å². The molecular weight excluding hydrogens is 192 g/mol.